The highest BCUT2D eigenvalue weighted by Crippen LogP contribution is 2.31. The lowest BCUT2D eigenvalue weighted by Gasteiger charge is -2.31. The third kappa shape index (κ3) is 6.99. The second kappa shape index (κ2) is 13.0. The Morgan fingerprint density at radius 1 is 1.26 bits per heavy atom. The summed E-state index contributed by atoms with van der Waals surface area (Å²) in [6.45, 7) is 3.12. The van der Waals surface area contributed by atoms with Crippen LogP contribution in [0.5, 0.6) is 0 Å². The van der Waals surface area contributed by atoms with Crippen LogP contribution < -0.4 is 28.2 Å². The number of guanidine groups is 1. The highest BCUT2D eigenvalue weighted by Gasteiger charge is 2.23. The van der Waals surface area contributed by atoms with E-state index < -0.39 is 11.5 Å². The molecule has 0 saturated carbocycles. The van der Waals surface area contributed by atoms with E-state index in [2.05, 4.69) is 20.3 Å². The van der Waals surface area contributed by atoms with Crippen molar-refractivity contribution in [3.63, 3.8) is 0 Å². The molecule has 4 aromatic rings. The van der Waals surface area contributed by atoms with Crippen LogP contribution in [0.2, 0.25) is 5.02 Å². The molecule has 3 heterocycles. The molecular formula is C30H36ClFN8O2. The molecule has 0 aliphatic carbocycles. The first-order valence-corrected chi connectivity index (χ1v) is 14.5. The summed E-state index contributed by atoms with van der Waals surface area (Å²) in [6.07, 6.45) is 5.53. The standard InChI is InChI=1S/C30H36ClFN8O2/c1-17(33)3-2-4-18-13-23(26(32)24(31)14-18)25-15-20-16-40(30(41)39-27(20)38-25)22-7-5-19(6-8-22)28-37-21(10-12-42-28)9-11-36-29(34)35/h5-8,13-17,21,28,37H,2-4,9-12,33H2,1H3,(H4,34,35,36)(H,38,39,41)/t17-,21+,28-/m0/s1. The quantitative estimate of drug-likeness (QED) is 0.137. The number of nitrogens with one attached hydrogen (secondary N) is 2. The van der Waals surface area contributed by atoms with Crippen LogP contribution in [0.15, 0.2) is 58.4 Å². The van der Waals surface area contributed by atoms with E-state index in [0.717, 1.165) is 43.2 Å². The minimum absolute atomic E-state index is 0.0473. The maximum Gasteiger partial charge on any atom is 0.354 e. The molecule has 0 unspecified atom stereocenters. The molecule has 0 bridgehead atoms. The van der Waals surface area contributed by atoms with Crippen LogP contribution >= 0.6 is 11.6 Å². The number of H-pyrrole nitrogens is 1. The van der Waals surface area contributed by atoms with Crippen LogP contribution in [-0.4, -0.2) is 45.7 Å². The molecule has 222 valence electrons. The van der Waals surface area contributed by atoms with Gasteiger partial charge in [-0.25, -0.2) is 9.18 Å². The van der Waals surface area contributed by atoms with Crippen LogP contribution in [0, 0.1) is 5.82 Å². The first-order valence-electron chi connectivity index (χ1n) is 14.1. The number of hydrogen-bond acceptors (Lipinski definition) is 6. The average Bonchev–Trinajstić information content (AvgIpc) is 3.37. The van der Waals surface area contributed by atoms with Crippen molar-refractivity contribution in [3.05, 3.63) is 81.1 Å². The van der Waals surface area contributed by atoms with Gasteiger partial charge >= 0.3 is 5.69 Å². The summed E-state index contributed by atoms with van der Waals surface area (Å²) < 4.78 is 22.5. The van der Waals surface area contributed by atoms with E-state index in [0.29, 0.717) is 41.1 Å². The zero-order valence-electron chi connectivity index (χ0n) is 23.4. The molecule has 0 radical (unpaired) electrons. The predicted octanol–water partition coefficient (Wildman–Crippen LogP) is 3.88. The zero-order valence-corrected chi connectivity index (χ0v) is 24.2. The number of aromatic amines is 1. The number of nitrogens with two attached hydrogens (primary N) is 3. The molecule has 3 atom stereocenters. The highest BCUT2D eigenvalue weighted by molar-refractivity contribution is 6.31. The molecule has 5 rings (SSSR count). The molecule has 1 aliphatic rings. The van der Waals surface area contributed by atoms with Crippen molar-refractivity contribution in [2.75, 3.05) is 13.2 Å². The Hall–Kier alpha value is -3.77. The number of benzene rings is 2. The maximum absolute atomic E-state index is 15.1. The molecule has 12 heteroatoms. The van der Waals surface area contributed by atoms with Crippen LogP contribution in [0.1, 0.15) is 50.0 Å². The molecule has 1 aliphatic heterocycles. The summed E-state index contributed by atoms with van der Waals surface area (Å²) in [4.78, 5) is 24.3. The maximum atomic E-state index is 15.1. The molecule has 42 heavy (non-hydrogen) atoms. The van der Waals surface area contributed by atoms with Gasteiger partial charge in [-0.2, -0.15) is 4.98 Å². The van der Waals surface area contributed by atoms with E-state index in [-0.39, 0.29) is 29.3 Å². The number of fused-ring (bicyclic) bond motifs is 1. The summed E-state index contributed by atoms with van der Waals surface area (Å²) >= 11 is 6.24. The van der Waals surface area contributed by atoms with Gasteiger partial charge in [-0.05, 0) is 80.5 Å². The van der Waals surface area contributed by atoms with Gasteiger partial charge in [0.05, 0.1) is 23.0 Å². The second-order valence-electron chi connectivity index (χ2n) is 10.8. The van der Waals surface area contributed by atoms with Crippen molar-refractivity contribution < 1.29 is 9.13 Å². The Bertz CT molecular complexity index is 1630. The van der Waals surface area contributed by atoms with Gasteiger partial charge in [0.25, 0.3) is 0 Å². The lowest BCUT2D eigenvalue weighted by molar-refractivity contribution is -0.0208. The van der Waals surface area contributed by atoms with Crippen molar-refractivity contribution >= 4 is 28.6 Å². The van der Waals surface area contributed by atoms with Gasteiger partial charge in [0.2, 0.25) is 0 Å². The van der Waals surface area contributed by atoms with Crippen LogP contribution in [0.4, 0.5) is 4.39 Å². The Morgan fingerprint density at radius 2 is 2.05 bits per heavy atom. The normalized spacial score (nSPS) is 17.8. The van der Waals surface area contributed by atoms with Crippen molar-refractivity contribution in [2.45, 2.75) is 57.3 Å². The number of halogens is 2. The van der Waals surface area contributed by atoms with Gasteiger partial charge in [-0.1, -0.05) is 23.7 Å². The van der Waals surface area contributed by atoms with E-state index in [9.17, 15) is 4.79 Å². The Morgan fingerprint density at radius 3 is 2.79 bits per heavy atom. The molecule has 2 aromatic heterocycles. The fourth-order valence-electron chi connectivity index (χ4n) is 5.19. The summed E-state index contributed by atoms with van der Waals surface area (Å²) in [7, 11) is 0. The van der Waals surface area contributed by atoms with Crippen molar-refractivity contribution in [1.29, 1.82) is 0 Å². The van der Waals surface area contributed by atoms with Crippen molar-refractivity contribution in [1.82, 2.24) is 19.9 Å². The Balaban J connectivity index is 1.35. The summed E-state index contributed by atoms with van der Waals surface area (Å²) in [6, 6.07) is 13.0. The minimum Gasteiger partial charge on any atom is -0.370 e. The first kappa shape index (κ1) is 29.7. The van der Waals surface area contributed by atoms with Gasteiger partial charge in [0.1, 0.15) is 11.9 Å². The van der Waals surface area contributed by atoms with Gasteiger partial charge < -0.3 is 26.9 Å². The third-order valence-corrected chi connectivity index (χ3v) is 7.67. The van der Waals surface area contributed by atoms with E-state index in [4.69, 9.17) is 33.5 Å². The number of aromatic nitrogens is 3. The van der Waals surface area contributed by atoms with Crippen LogP contribution in [0.25, 0.3) is 28.0 Å². The predicted molar refractivity (Wildman–Crippen MR) is 164 cm³/mol. The molecule has 0 amide bonds. The first-order chi connectivity index (χ1) is 20.2. The second-order valence-corrected chi connectivity index (χ2v) is 11.2. The van der Waals surface area contributed by atoms with Crippen molar-refractivity contribution in [3.8, 4) is 16.9 Å². The summed E-state index contributed by atoms with van der Waals surface area (Å²) in [5.74, 6) is -0.440. The Labute approximate surface area is 248 Å². The number of aryl methyl sites for hydroxylation is 1. The lowest BCUT2D eigenvalue weighted by Crippen LogP contribution is -2.40. The topological polar surface area (TPSA) is 162 Å². The smallest absolute Gasteiger partial charge is 0.354 e. The summed E-state index contributed by atoms with van der Waals surface area (Å²) in [5.41, 5.74) is 19.9. The lowest BCUT2D eigenvalue weighted by atomic mass is 10.0. The monoisotopic (exact) mass is 594 g/mol. The summed E-state index contributed by atoms with van der Waals surface area (Å²) in [5, 5.41) is 4.19. The number of ether oxygens (including phenoxy) is 1. The molecule has 1 saturated heterocycles. The Kier molecular flexibility index (Phi) is 9.22. The fraction of sp³-hybridized carbons (Fsp3) is 0.367. The molecule has 10 nitrogen and oxygen atoms in total. The van der Waals surface area contributed by atoms with Gasteiger partial charge in [0.15, 0.2) is 11.8 Å². The highest BCUT2D eigenvalue weighted by atomic mass is 35.5. The number of aliphatic imine (C=N–C) groups is 1. The largest absolute Gasteiger partial charge is 0.370 e. The van der Waals surface area contributed by atoms with E-state index in [1.807, 2.05) is 31.2 Å². The van der Waals surface area contributed by atoms with Crippen molar-refractivity contribution in [2.24, 2.45) is 22.2 Å². The third-order valence-electron chi connectivity index (χ3n) is 7.40. The van der Waals surface area contributed by atoms with E-state index in [1.165, 1.54) is 4.57 Å². The molecular weight excluding hydrogens is 559 g/mol. The van der Waals surface area contributed by atoms with Gasteiger partial charge in [0, 0.05) is 35.8 Å². The zero-order chi connectivity index (χ0) is 29.8. The molecule has 0 spiro atoms. The van der Waals surface area contributed by atoms with Gasteiger partial charge in [-0.15, -0.1) is 0 Å². The SMILES string of the molecule is C[C@H](N)CCCc1cc(Cl)c(F)c(-c2cc3cn(-c4ccc([C@H]5N[C@H](CCN=C(N)N)CCO5)cc4)c(=O)nc3[nH]2)c1. The van der Waals surface area contributed by atoms with Crippen LogP contribution in [-0.2, 0) is 11.2 Å². The van der Waals surface area contributed by atoms with E-state index >= 15 is 4.39 Å². The number of hydrogen-bond donors (Lipinski definition) is 5. The minimum atomic E-state index is -0.526. The average molecular weight is 595 g/mol. The number of rotatable bonds is 10. The fourth-order valence-corrected chi connectivity index (χ4v) is 5.43. The molecule has 1 fully saturated rings. The molecule has 8 N–H and O–H groups in total. The van der Waals surface area contributed by atoms with E-state index in [1.54, 1.807) is 24.4 Å². The van der Waals surface area contributed by atoms with Crippen LogP contribution in [0.3, 0.4) is 0 Å². The van der Waals surface area contributed by atoms with Gasteiger partial charge in [-0.3, -0.25) is 14.9 Å². The molecule has 2 aromatic carbocycles. The number of nitrogens with zero attached hydrogens (tertiary/aromatic N) is 3.